The number of rotatable bonds is 2. The van der Waals surface area contributed by atoms with Gasteiger partial charge in [0.2, 0.25) is 0 Å². The quantitative estimate of drug-likeness (QED) is 0.910. The number of hydrogen-bond donors (Lipinski definition) is 1. The Balaban J connectivity index is 2.10. The van der Waals surface area contributed by atoms with Crippen LogP contribution in [0, 0.1) is 6.92 Å². The van der Waals surface area contributed by atoms with E-state index in [2.05, 4.69) is 29.3 Å². The van der Waals surface area contributed by atoms with Crippen LogP contribution in [0.4, 0.5) is 0 Å². The molecular weight excluding hydrogens is 268 g/mol. The molecule has 6 heteroatoms. The second kappa shape index (κ2) is 5.44. The van der Waals surface area contributed by atoms with Gasteiger partial charge in [-0.25, -0.2) is 4.98 Å². The maximum atomic E-state index is 12.8. The number of pyridine rings is 1. The van der Waals surface area contributed by atoms with Crippen molar-refractivity contribution in [2.24, 2.45) is 0 Å². The summed E-state index contributed by atoms with van der Waals surface area (Å²) in [4.78, 5) is 19.2. The van der Waals surface area contributed by atoms with Gasteiger partial charge in [0.25, 0.3) is 11.6 Å². The number of carbonyl (C=O) groups excluding carboxylic acids is 1. The maximum Gasteiger partial charge on any atom is 0.259 e. The molecule has 0 aromatic carbocycles. The Morgan fingerprint density at radius 1 is 1.38 bits per heavy atom. The number of carbonyl (C=O) groups is 1. The third kappa shape index (κ3) is 2.51. The number of aryl methyl sites for hydroxylation is 1. The minimum Gasteiger partial charge on any atom is -0.336 e. The molecule has 1 aliphatic rings. The number of piperazine rings is 1. The van der Waals surface area contributed by atoms with Crippen LogP contribution >= 0.6 is 0 Å². The van der Waals surface area contributed by atoms with Crippen LogP contribution in [0.25, 0.3) is 11.1 Å². The summed E-state index contributed by atoms with van der Waals surface area (Å²) in [6.45, 7) is 9.07. The molecule has 21 heavy (non-hydrogen) atoms. The van der Waals surface area contributed by atoms with E-state index in [1.807, 2.05) is 17.9 Å². The first-order chi connectivity index (χ1) is 10.1. The van der Waals surface area contributed by atoms with Crippen molar-refractivity contribution in [3.05, 3.63) is 23.0 Å². The highest BCUT2D eigenvalue weighted by molar-refractivity contribution is 6.06. The molecule has 2 aromatic rings. The Labute approximate surface area is 123 Å². The van der Waals surface area contributed by atoms with Crippen LogP contribution in [-0.4, -0.2) is 47.1 Å². The summed E-state index contributed by atoms with van der Waals surface area (Å²) >= 11 is 0. The van der Waals surface area contributed by atoms with Crippen LogP contribution in [-0.2, 0) is 0 Å². The summed E-state index contributed by atoms with van der Waals surface area (Å²) in [5, 5.41) is 7.96. The lowest BCUT2D eigenvalue weighted by Crippen LogP contribution is -2.46. The topological polar surface area (TPSA) is 71.3 Å². The summed E-state index contributed by atoms with van der Waals surface area (Å²) < 4.78 is 5.27. The zero-order chi connectivity index (χ0) is 15.0. The Morgan fingerprint density at radius 3 is 2.76 bits per heavy atom. The Morgan fingerprint density at radius 2 is 2.10 bits per heavy atom. The molecule has 3 rings (SSSR count). The van der Waals surface area contributed by atoms with E-state index in [0.717, 1.165) is 37.3 Å². The van der Waals surface area contributed by atoms with Gasteiger partial charge >= 0.3 is 0 Å². The van der Waals surface area contributed by atoms with Crippen molar-refractivity contribution in [3.8, 4) is 0 Å². The predicted octanol–water partition coefficient (Wildman–Crippen LogP) is 1.70. The van der Waals surface area contributed by atoms with Crippen LogP contribution in [0.15, 0.2) is 10.6 Å². The van der Waals surface area contributed by atoms with Gasteiger partial charge in [0.15, 0.2) is 0 Å². The Kier molecular flexibility index (Phi) is 3.63. The third-order valence-electron chi connectivity index (χ3n) is 3.86. The van der Waals surface area contributed by atoms with E-state index in [1.165, 1.54) is 0 Å². The average Bonchev–Trinajstić information content (AvgIpc) is 2.88. The van der Waals surface area contributed by atoms with Gasteiger partial charge in [-0.2, -0.15) is 0 Å². The number of aromatic nitrogens is 2. The van der Waals surface area contributed by atoms with Crippen molar-refractivity contribution < 1.29 is 9.32 Å². The minimum absolute atomic E-state index is 0.0390. The van der Waals surface area contributed by atoms with Gasteiger partial charge in [-0.05, 0) is 18.9 Å². The predicted molar refractivity (Wildman–Crippen MR) is 79.4 cm³/mol. The molecule has 1 saturated heterocycles. The Bertz CT molecular complexity index is 672. The summed E-state index contributed by atoms with van der Waals surface area (Å²) in [6, 6.07) is 1.89. The fourth-order valence-corrected chi connectivity index (χ4v) is 2.62. The van der Waals surface area contributed by atoms with Crippen molar-refractivity contribution in [1.29, 1.82) is 0 Å². The molecular formula is C15H20N4O2. The van der Waals surface area contributed by atoms with E-state index >= 15 is 0 Å². The normalized spacial score (nSPS) is 15.9. The van der Waals surface area contributed by atoms with Crippen molar-refractivity contribution in [2.45, 2.75) is 26.7 Å². The molecule has 112 valence electrons. The molecule has 1 N–H and O–H groups in total. The number of nitrogens with one attached hydrogen (secondary N) is 1. The minimum atomic E-state index is 0.0390. The van der Waals surface area contributed by atoms with E-state index in [0.29, 0.717) is 17.0 Å². The summed E-state index contributed by atoms with van der Waals surface area (Å²) in [5.41, 5.74) is 2.69. The van der Waals surface area contributed by atoms with Crippen molar-refractivity contribution in [2.75, 3.05) is 26.2 Å². The van der Waals surface area contributed by atoms with Crippen molar-refractivity contribution in [3.63, 3.8) is 0 Å². The van der Waals surface area contributed by atoms with Crippen LogP contribution in [0.2, 0.25) is 0 Å². The molecule has 3 heterocycles. The smallest absolute Gasteiger partial charge is 0.259 e. The summed E-state index contributed by atoms with van der Waals surface area (Å²) in [5.74, 6) is 0.270. The van der Waals surface area contributed by atoms with Gasteiger partial charge in [0.05, 0.1) is 16.6 Å². The van der Waals surface area contributed by atoms with Crippen molar-refractivity contribution in [1.82, 2.24) is 20.4 Å². The molecule has 1 fully saturated rings. The van der Waals surface area contributed by atoms with E-state index < -0.39 is 0 Å². The van der Waals surface area contributed by atoms with Crippen LogP contribution in [0.3, 0.4) is 0 Å². The van der Waals surface area contributed by atoms with Gasteiger partial charge in [-0.1, -0.05) is 19.0 Å². The molecule has 1 amide bonds. The van der Waals surface area contributed by atoms with Crippen LogP contribution < -0.4 is 5.32 Å². The lowest BCUT2D eigenvalue weighted by molar-refractivity contribution is 0.0737. The Hall–Kier alpha value is -1.95. The van der Waals surface area contributed by atoms with E-state index in [4.69, 9.17) is 4.52 Å². The molecule has 0 atom stereocenters. The fraction of sp³-hybridized carbons (Fsp3) is 0.533. The van der Waals surface area contributed by atoms with Gasteiger partial charge in [-0.3, -0.25) is 4.79 Å². The number of fused-ring (bicyclic) bond motifs is 1. The molecule has 0 unspecified atom stereocenters. The SMILES string of the molecule is Cc1noc2nc(C(C)C)cc(C(=O)N3CCNCC3)c12. The fourth-order valence-electron chi connectivity index (χ4n) is 2.62. The second-order valence-corrected chi connectivity index (χ2v) is 5.74. The molecule has 0 radical (unpaired) electrons. The number of amides is 1. The van der Waals surface area contributed by atoms with Crippen molar-refractivity contribution >= 4 is 17.0 Å². The third-order valence-corrected chi connectivity index (χ3v) is 3.86. The highest BCUT2D eigenvalue weighted by Crippen LogP contribution is 2.26. The first-order valence-corrected chi connectivity index (χ1v) is 7.35. The zero-order valence-electron chi connectivity index (χ0n) is 12.6. The summed E-state index contributed by atoms with van der Waals surface area (Å²) in [7, 11) is 0. The highest BCUT2D eigenvalue weighted by Gasteiger charge is 2.24. The molecule has 0 saturated carbocycles. The lowest BCUT2D eigenvalue weighted by atomic mass is 10.0. The highest BCUT2D eigenvalue weighted by atomic mass is 16.5. The van der Waals surface area contributed by atoms with Crippen LogP contribution in [0.1, 0.15) is 41.5 Å². The molecule has 0 aliphatic carbocycles. The van der Waals surface area contributed by atoms with E-state index in [-0.39, 0.29) is 11.8 Å². The zero-order valence-corrected chi connectivity index (χ0v) is 12.6. The van der Waals surface area contributed by atoms with Gasteiger partial charge in [0.1, 0.15) is 0 Å². The van der Waals surface area contributed by atoms with Gasteiger partial charge in [-0.15, -0.1) is 0 Å². The van der Waals surface area contributed by atoms with Crippen LogP contribution in [0.5, 0.6) is 0 Å². The molecule has 6 nitrogen and oxygen atoms in total. The molecule has 0 bridgehead atoms. The second-order valence-electron chi connectivity index (χ2n) is 5.74. The van der Waals surface area contributed by atoms with Gasteiger partial charge < -0.3 is 14.7 Å². The molecule has 0 spiro atoms. The first kappa shape index (κ1) is 14.0. The van der Waals surface area contributed by atoms with E-state index in [1.54, 1.807) is 0 Å². The van der Waals surface area contributed by atoms with E-state index in [9.17, 15) is 4.79 Å². The molecule has 1 aliphatic heterocycles. The largest absolute Gasteiger partial charge is 0.336 e. The molecule has 2 aromatic heterocycles. The average molecular weight is 288 g/mol. The number of nitrogens with zero attached hydrogens (tertiary/aromatic N) is 3. The van der Waals surface area contributed by atoms with Gasteiger partial charge in [0, 0.05) is 31.9 Å². The monoisotopic (exact) mass is 288 g/mol. The maximum absolute atomic E-state index is 12.8. The first-order valence-electron chi connectivity index (χ1n) is 7.35. The summed E-state index contributed by atoms with van der Waals surface area (Å²) in [6.07, 6.45) is 0. The lowest BCUT2D eigenvalue weighted by Gasteiger charge is -2.27. The standard InChI is InChI=1S/C15H20N4O2/c1-9(2)12-8-11(13-10(3)18-21-14(13)17-12)15(20)19-6-4-16-5-7-19/h8-9,16H,4-7H2,1-3H3. The number of hydrogen-bond acceptors (Lipinski definition) is 5.